The number of Topliss-reactive ketones (excluding diaryl/α,β-unsaturated/α-hetero) is 1. The zero-order valence-electron chi connectivity index (χ0n) is 15.6. The minimum atomic E-state index is -0.226. The molecule has 29 heavy (non-hydrogen) atoms. The van der Waals surface area contributed by atoms with Crippen LogP contribution in [0.25, 0.3) is 22.2 Å². The molecule has 1 aromatic heterocycles. The summed E-state index contributed by atoms with van der Waals surface area (Å²) < 4.78 is 0.946. The molecule has 0 radical (unpaired) electrons. The van der Waals surface area contributed by atoms with Gasteiger partial charge in [0.25, 0.3) is 5.91 Å². The zero-order valence-corrected chi connectivity index (χ0v) is 17.2. The van der Waals surface area contributed by atoms with Crippen LogP contribution in [0.5, 0.6) is 0 Å². The molecular formula is C24H17BrN2O2. The van der Waals surface area contributed by atoms with Crippen LogP contribution in [0.2, 0.25) is 0 Å². The summed E-state index contributed by atoms with van der Waals surface area (Å²) in [5.74, 6) is -0.239. The van der Waals surface area contributed by atoms with Crippen molar-refractivity contribution in [3.63, 3.8) is 0 Å². The Kier molecular flexibility index (Phi) is 5.23. The largest absolute Gasteiger partial charge is 0.322 e. The van der Waals surface area contributed by atoms with Gasteiger partial charge in [0.1, 0.15) is 0 Å². The fourth-order valence-electron chi connectivity index (χ4n) is 3.15. The van der Waals surface area contributed by atoms with E-state index in [2.05, 4.69) is 21.2 Å². The van der Waals surface area contributed by atoms with Crippen molar-refractivity contribution in [1.29, 1.82) is 0 Å². The van der Waals surface area contributed by atoms with Crippen LogP contribution < -0.4 is 5.32 Å². The smallest absolute Gasteiger partial charge is 0.256 e. The molecular weight excluding hydrogens is 428 g/mol. The third-order valence-corrected chi connectivity index (χ3v) is 5.12. The molecule has 142 valence electrons. The minimum Gasteiger partial charge on any atom is -0.322 e. The van der Waals surface area contributed by atoms with Gasteiger partial charge in [-0.2, -0.15) is 0 Å². The molecule has 0 saturated heterocycles. The Bertz CT molecular complexity index is 1230. The lowest BCUT2D eigenvalue weighted by Gasteiger charge is -2.11. The molecule has 4 nitrogen and oxygen atoms in total. The average molecular weight is 445 g/mol. The van der Waals surface area contributed by atoms with Crippen LogP contribution in [0.15, 0.2) is 83.3 Å². The second-order valence-corrected chi connectivity index (χ2v) is 7.59. The Morgan fingerprint density at radius 2 is 1.66 bits per heavy atom. The van der Waals surface area contributed by atoms with Crippen molar-refractivity contribution >= 4 is 44.2 Å². The van der Waals surface area contributed by atoms with Gasteiger partial charge in [0, 0.05) is 26.7 Å². The SMILES string of the molecule is CC(=O)c1ccc(NC(=O)c2cc(-c3cccc(Br)c3)nc3ccccc23)cc1. The summed E-state index contributed by atoms with van der Waals surface area (Å²) in [6.45, 7) is 1.51. The highest BCUT2D eigenvalue weighted by Crippen LogP contribution is 2.27. The first kappa shape index (κ1) is 19.0. The Morgan fingerprint density at radius 3 is 2.38 bits per heavy atom. The molecule has 4 aromatic rings. The molecule has 0 aliphatic rings. The quantitative estimate of drug-likeness (QED) is 0.385. The van der Waals surface area contributed by atoms with Gasteiger partial charge in [-0.3, -0.25) is 9.59 Å². The number of carbonyl (C=O) groups is 2. The van der Waals surface area contributed by atoms with Gasteiger partial charge in [-0.1, -0.05) is 46.3 Å². The molecule has 0 atom stereocenters. The number of amides is 1. The van der Waals surface area contributed by atoms with Gasteiger partial charge >= 0.3 is 0 Å². The fraction of sp³-hybridized carbons (Fsp3) is 0.0417. The predicted octanol–water partition coefficient (Wildman–Crippen LogP) is 6.12. The van der Waals surface area contributed by atoms with Crippen LogP contribution in [-0.2, 0) is 0 Å². The number of fused-ring (bicyclic) bond motifs is 1. The van der Waals surface area contributed by atoms with Crippen molar-refractivity contribution in [2.75, 3.05) is 5.32 Å². The number of aromatic nitrogens is 1. The summed E-state index contributed by atoms with van der Waals surface area (Å²) in [6, 6.07) is 24.1. The maximum Gasteiger partial charge on any atom is 0.256 e. The van der Waals surface area contributed by atoms with Crippen molar-refractivity contribution in [2.24, 2.45) is 0 Å². The van der Waals surface area contributed by atoms with Crippen molar-refractivity contribution in [3.05, 3.63) is 94.5 Å². The molecule has 1 heterocycles. The molecule has 4 rings (SSSR count). The van der Waals surface area contributed by atoms with Crippen molar-refractivity contribution in [3.8, 4) is 11.3 Å². The Balaban J connectivity index is 1.75. The topological polar surface area (TPSA) is 59.1 Å². The van der Waals surface area contributed by atoms with E-state index in [1.165, 1.54) is 6.92 Å². The average Bonchev–Trinajstić information content (AvgIpc) is 2.73. The number of rotatable bonds is 4. The van der Waals surface area contributed by atoms with Gasteiger partial charge in [-0.15, -0.1) is 0 Å². The Labute approximate surface area is 176 Å². The molecule has 0 bridgehead atoms. The first-order valence-electron chi connectivity index (χ1n) is 9.09. The van der Waals surface area contributed by atoms with Crippen LogP contribution in [0, 0.1) is 0 Å². The number of carbonyl (C=O) groups excluding carboxylic acids is 2. The van der Waals surface area contributed by atoms with E-state index >= 15 is 0 Å². The van der Waals surface area contributed by atoms with E-state index in [4.69, 9.17) is 4.98 Å². The van der Waals surface area contributed by atoms with E-state index in [-0.39, 0.29) is 11.7 Å². The third kappa shape index (κ3) is 4.10. The van der Waals surface area contributed by atoms with E-state index in [9.17, 15) is 9.59 Å². The zero-order chi connectivity index (χ0) is 20.4. The molecule has 0 aliphatic carbocycles. The van der Waals surface area contributed by atoms with E-state index in [1.54, 1.807) is 24.3 Å². The molecule has 0 saturated carbocycles. The maximum atomic E-state index is 13.1. The van der Waals surface area contributed by atoms with Crippen LogP contribution in [0.1, 0.15) is 27.6 Å². The molecule has 1 N–H and O–H groups in total. The number of nitrogens with one attached hydrogen (secondary N) is 1. The molecule has 0 aliphatic heterocycles. The highest BCUT2D eigenvalue weighted by atomic mass is 79.9. The van der Waals surface area contributed by atoms with Gasteiger partial charge in [0.15, 0.2) is 5.78 Å². The maximum absolute atomic E-state index is 13.1. The van der Waals surface area contributed by atoms with Crippen LogP contribution >= 0.6 is 15.9 Å². The second kappa shape index (κ2) is 7.97. The molecule has 3 aromatic carbocycles. The highest BCUT2D eigenvalue weighted by Gasteiger charge is 2.14. The minimum absolute atomic E-state index is 0.0123. The van der Waals surface area contributed by atoms with Crippen molar-refractivity contribution < 1.29 is 9.59 Å². The number of ketones is 1. The van der Waals surface area contributed by atoms with Gasteiger partial charge in [-0.25, -0.2) is 4.98 Å². The summed E-state index contributed by atoms with van der Waals surface area (Å²) in [4.78, 5) is 29.3. The molecule has 0 fully saturated rings. The highest BCUT2D eigenvalue weighted by molar-refractivity contribution is 9.10. The number of hydrogen-bond acceptors (Lipinski definition) is 3. The molecule has 0 unspecified atom stereocenters. The molecule has 5 heteroatoms. The summed E-state index contributed by atoms with van der Waals surface area (Å²) in [5.41, 5.74) is 4.18. The van der Waals surface area contributed by atoms with Gasteiger partial charge in [-0.05, 0) is 55.5 Å². The number of benzene rings is 3. The molecule has 1 amide bonds. The van der Waals surface area contributed by atoms with Crippen LogP contribution in [0.3, 0.4) is 0 Å². The van der Waals surface area contributed by atoms with E-state index < -0.39 is 0 Å². The summed E-state index contributed by atoms with van der Waals surface area (Å²) in [7, 11) is 0. The predicted molar refractivity (Wildman–Crippen MR) is 119 cm³/mol. The normalized spacial score (nSPS) is 10.7. The van der Waals surface area contributed by atoms with Gasteiger partial charge in [0.05, 0.1) is 16.8 Å². The van der Waals surface area contributed by atoms with Gasteiger partial charge in [0.2, 0.25) is 0 Å². The van der Waals surface area contributed by atoms with Gasteiger partial charge < -0.3 is 5.32 Å². The fourth-order valence-corrected chi connectivity index (χ4v) is 3.54. The number of halogens is 1. The first-order chi connectivity index (χ1) is 14.0. The third-order valence-electron chi connectivity index (χ3n) is 4.63. The number of para-hydroxylation sites is 1. The van der Waals surface area contributed by atoms with Crippen molar-refractivity contribution in [2.45, 2.75) is 6.92 Å². The summed E-state index contributed by atoms with van der Waals surface area (Å²) >= 11 is 3.49. The number of hydrogen-bond donors (Lipinski definition) is 1. The number of anilines is 1. The second-order valence-electron chi connectivity index (χ2n) is 6.67. The summed E-state index contributed by atoms with van der Waals surface area (Å²) in [5, 5.41) is 3.70. The monoisotopic (exact) mass is 444 g/mol. The van der Waals surface area contributed by atoms with E-state index in [0.29, 0.717) is 16.8 Å². The lowest BCUT2D eigenvalue weighted by Crippen LogP contribution is -2.13. The lowest BCUT2D eigenvalue weighted by atomic mass is 10.0. The van der Waals surface area contributed by atoms with Crippen LogP contribution in [0.4, 0.5) is 5.69 Å². The summed E-state index contributed by atoms with van der Waals surface area (Å²) in [6.07, 6.45) is 0. The Morgan fingerprint density at radius 1 is 0.897 bits per heavy atom. The lowest BCUT2D eigenvalue weighted by molar-refractivity contribution is 0.101. The first-order valence-corrected chi connectivity index (χ1v) is 9.88. The number of pyridine rings is 1. The van der Waals surface area contributed by atoms with Crippen molar-refractivity contribution in [1.82, 2.24) is 4.98 Å². The standard InChI is InChI=1S/C24H17BrN2O2/c1-15(28)16-9-11-19(12-10-16)26-24(29)21-14-23(17-5-4-6-18(25)13-17)27-22-8-3-2-7-20(21)22/h2-14H,1H3,(H,26,29). The number of nitrogens with zero attached hydrogens (tertiary/aromatic N) is 1. The van der Waals surface area contributed by atoms with Crippen LogP contribution in [-0.4, -0.2) is 16.7 Å². The van der Waals surface area contributed by atoms with E-state index in [0.717, 1.165) is 26.6 Å². The van der Waals surface area contributed by atoms with E-state index in [1.807, 2.05) is 54.6 Å². The Hall–Kier alpha value is -3.31. The molecule has 0 spiro atoms.